The summed E-state index contributed by atoms with van der Waals surface area (Å²) in [5, 5.41) is 22.1. The largest absolute Gasteiger partial charge is 0.414 e. The Balaban J connectivity index is 2.10. The molecular weight excluding hydrogens is 476 g/mol. The van der Waals surface area contributed by atoms with Gasteiger partial charge in [0.15, 0.2) is 6.23 Å². The lowest BCUT2D eigenvalue weighted by atomic mass is 9.98. The van der Waals surface area contributed by atoms with E-state index in [1.807, 2.05) is 0 Å². The number of rotatable bonds is 5. The van der Waals surface area contributed by atoms with E-state index in [1.54, 1.807) is 0 Å². The topological polar surface area (TPSA) is 132 Å². The monoisotopic (exact) mass is 516 g/mol. The molecule has 0 radical (unpaired) electrons. The van der Waals surface area contributed by atoms with Gasteiger partial charge in [-0.05, 0) is 22.2 Å². The van der Waals surface area contributed by atoms with Crippen molar-refractivity contribution in [3.05, 3.63) is 33.1 Å². The Morgan fingerprint density at radius 2 is 1.50 bits per heavy atom. The minimum Gasteiger partial charge on any atom is -0.414 e. The molecule has 3 heterocycles. The number of ether oxygens (including phenoxy) is 1. The van der Waals surface area contributed by atoms with Gasteiger partial charge in [-0.3, -0.25) is 14.3 Å². The van der Waals surface area contributed by atoms with Gasteiger partial charge in [-0.25, -0.2) is 4.79 Å². The fourth-order valence-electron chi connectivity index (χ4n) is 5.20. The number of nitrogens with one attached hydrogen (secondary N) is 1. The second-order valence-corrected chi connectivity index (χ2v) is 19.5. The maximum atomic E-state index is 12.4. The van der Waals surface area contributed by atoms with Gasteiger partial charge in [0.25, 0.3) is 5.56 Å². The fourth-order valence-corrected chi connectivity index (χ4v) is 16.4. The van der Waals surface area contributed by atoms with Crippen LogP contribution in [-0.4, -0.2) is 67.9 Å². The zero-order chi connectivity index (χ0) is 25.6. The minimum atomic E-state index is -3.01. The van der Waals surface area contributed by atoms with E-state index in [1.165, 1.54) is 12.3 Å². The Bertz CT molecular complexity index is 947. The first-order chi connectivity index (χ1) is 15.8. The van der Waals surface area contributed by atoms with Crippen molar-refractivity contribution in [1.82, 2.24) is 9.55 Å². The molecule has 0 aromatic carbocycles. The number of aromatic amines is 1. The predicted octanol–water partition coefficient (Wildman–Crippen LogP) is 2.11. The summed E-state index contributed by atoms with van der Waals surface area (Å²) in [6.07, 6.45) is -4.43. The van der Waals surface area contributed by atoms with Crippen LogP contribution < -0.4 is 11.2 Å². The van der Waals surface area contributed by atoms with Crippen LogP contribution in [0.4, 0.5) is 0 Å². The number of nitrogens with zero attached hydrogens (tertiary/aromatic N) is 1. The molecule has 3 rings (SSSR count). The molecule has 12 heteroatoms. The molecule has 0 bridgehead atoms. The Kier molecular flexibility index (Phi) is 8.15. The highest BCUT2D eigenvalue weighted by Gasteiger charge is 2.61. The molecule has 34 heavy (non-hydrogen) atoms. The van der Waals surface area contributed by atoms with Crippen LogP contribution in [0.15, 0.2) is 21.9 Å². The van der Waals surface area contributed by atoms with Crippen molar-refractivity contribution in [2.24, 2.45) is 0 Å². The lowest BCUT2D eigenvalue weighted by Crippen LogP contribution is -2.69. The van der Waals surface area contributed by atoms with Crippen LogP contribution in [0.25, 0.3) is 0 Å². The van der Waals surface area contributed by atoms with Crippen LogP contribution in [0.3, 0.4) is 0 Å². The van der Waals surface area contributed by atoms with Crippen LogP contribution in [0.2, 0.25) is 22.2 Å². The van der Waals surface area contributed by atoms with Gasteiger partial charge < -0.3 is 27.9 Å². The van der Waals surface area contributed by atoms with Crippen molar-refractivity contribution in [2.75, 3.05) is 6.61 Å². The van der Waals surface area contributed by atoms with Gasteiger partial charge >= 0.3 is 22.8 Å². The van der Waals surface area contributed by atoms with Gasteiger partial charge in [-0.1, -0.05) is 55.4 Å². The van der Waals surface area contributed by atoms with E-state index < -0.39 is 59.0 Å². The highest BCUT2D eigenvalue weighted by Crippen LogP contribution is 2.47. The Labute approximate surface area is 202 Å². The molecule has 0 unspecified atom stereocenters. The Morgan fingerprint density at radius 3 is 2.00 bits per heavy atom. The van der Waals surface area contributed by atoms with E-state index in [2.05, 4.69) is 60.4 Å². The van der Waals surface area contributed by atoms with Crippen molar-refractivity contribution in [2.45, 2.75) is 108 Å². The van der Waals surface area contributed by atoms with Crippen LogP contribution in [0, 0.1) is 0 Å². The van der Waals surface area contributed by atoms with E-state index in [9.17, 15) is 19.8 Å². The van der Waals surface area contributed by atoms with Gasteiger partial charge in [0.1, 0.15) is 24.4 Å². The van der Waals surface area contributed by atoms with Gasteiger partial charge in [0.05, 0.1) is 6.61 Å². The minimum absolute atomic E-state index is 0.0445. The van der Waals surface area contributed by atoms with E-state index >= 15 is 0 Å². The van der Waals surface area contributed by atoms with Crippen molar-refractivity contribution in [3.63, 3.8) is 0 Å². The van der Waals surface area contributed by atoms with Crippen LogP contribution >= 0.6 is 0 Å². The standard InChI is InChI=1S/C22H40N2O8Si2/c1-12(2)33(13(3)4)29-11-16-20(31-34(32-33,14(5)6)15(7)8)18(26)19(27)21(30-16)24-10-9-17(25)23-22(24)28/h9-10,12-16,18-21,26-27H,11H2,1-8H3,(H,23,25,28)/t16-,18-,19-,20+,21-/m1/s1. The number of fused-ring (bicyclic) bond motifs is 1. The van der Waals surface area contributed by atoms with Crippen LogP contribution in [0.5, 0.6) is 0 Å². The number of aliphatic hydroxyl groups is 2. The van der Waals surface area contributed by atoms with E-state index in [-0.39, 0.29) is 28.8 Å². The second kappa shape index (κ2) is 10.1. The lowest BCUT2D eigenvalue weighted by Gasteiger charge is -2.54. The maximum Gasteiger partial charge on any atom is 0.335 e. The number of H-pyrrole nitrogens is 1. The molecule has 2 aliphatic rings. The zero-order valence-electron chi connectivity index (χ0n) is 21.3. The van der Waals surface area contributed by atoms with Crippen LogP contribution in [0.1, 0.15) is 61.6 Å². The number of aliphatic hydroxyl groups excluding tert-OH is 2. The van der Waals surface area contributed by atoms with E-state index in [0.29, 0.717) is 0 Å². The van der Waals surface area contributed by atoms with Crippen LogP contribution in [-0.2, 0) is 17.7 Å². The number of hydrogen-bond donors (Lipinski definition) is 3. The first kappa shape index (κ1) is 27.5. The third kappa shape index (κ3) is 4.66. The Morgan fingerprint density at radius 1 is 0.941 bits per heavy atom. The summed E-state index contributed by atoms with van der Waals surface area (Å²) in [4.78, 5) is 26.1. The normalized spacial score (nSPS) is 31.5. The molecule has 2 aliphatic heterocycles. The van der Waals surface area contributed by atoms with Gasteiger partial charge in [0, 0.05) is 12.3 Å². The van der Waals surface area contributed by atoms with Gasteiger partial charge in [-0.2, -0.15) is 0 Å². The van der Waals surface area contributed by atoms with Crippen molar-refractivity contribution in [3.8, 4) is 0 Å². The second-order valence-electron chi connectivity index (χ2n) is 10.6. The summed E-state index contributed by atoms with van der Waals surface area (Å²) in [5.74, 6) is 0. The summed E-state index contributed by atoms with van der Waals surface area (Å²) in [6.45, 7) is 16.8. The molecule has 3 N–H and O–H groups in total. The highest BCUT2D eigenvalue weighted by molar-refractivity contribution is 6.83. The molecule has 0 saturated carbocycles. The molecule has 10 nitrogen and oxygen atoms in total. The van der Waals surface area contributed by atoms with Crippen molar-refractivity contribution < 1.29 is 27.9 Å². The molecule has 0 spiro atoms. The molecule has 1 aromatic rings. The van der Waals surface area contributed by atoms with Gasteiger partial charge in [0.2, 0.25) is 0 Å². The summed E-state index contributed by atoms with van der Waals surface area (Å²) < 4.78 is 27.8. The van der Waals surface area contributed by atoms with Gasteiger partial charge in [-0.15, -0.1) is 0 Å². The van der Waals surface area contributed by atoms with Crippen molar-refractivity contribution in [1.29, 1.82) is 0 Å². The summed E-state index contributed by atoms with van der Waals surface area (Å²) >= 11 is 0. The summed E-state index contributed by atoms with van der Waals surface area (Å²) in [7, 11) is -5.83. The number of aromatic nitrogens is 2. The average Bonchev–Trinajstić information content (AvgIpc) is 2.72. The third-order valence-electron chi connectivity index (χ3n) is 7.12. The molecule has 0 amide bonds. The maximum absolute atomic E-state index is 12.4. The lowest BCUT2D eigenvalue weighted by molar-refractivity contribution is -0.253. The quantitative estimate of drug-likeness (QED) is 0.507. The molecule has 2 saturated heterocycles. The highest BCUT2D eigenvalue weighted by atomic mass is 28.5. The molecule has 194 valence electrons. The zero-order valence-corrected chi connectivity index (χ0v) is 23.3. The van der Waals surface area contributed by atoms with E-state index in [0.717, 1.165) is 4.57 Å². The molecule has 2 fully saturated rings. The fraction of sp³-hybridized carbons (Fsp3) is 0.818. The SMILES string of the molecule is CC(C)[Si]1(C(C)C)OC[C@H]2O[C@@H](n3ccc(=O)[nH]c3=O)[C@H](O)[C@@H](O)[C@H]2O[Si](C(C)C)(C(C)C)O1. The van der Waals surface area contributed by atoms with Crippen molar-refractivity contribution >= 4 is 17.1 Å². The third-order valence-corrected chi connectivity index (χ3v) is 17.4. The van der Waals surface area contributed by atoms with E-state index in [4.69, 9.17) is 17.7 Å². The Hall–Kier alpha value is -1.13. The smallest absolute Gasteiger partial charge is 0.335 e. The predicted molar refractivity (Wildman–Crippen MR) is 131 cm³/mol. The molecule has 5 atom stereocenters. The first-order valence-corrected chi connectivity index (χ1v) is 16.1. The summed E-state index contributed by atoms with van der Waals surface area (Å²) in [6, 6.07) is 1.17. The molecule has 0 aliphatic carbocycles. The molecular formula is C22H40N2O8Si2. The molecule has 1 aromatic heterocycles. The average molecular weight is 517 g/mol. The summed E-state index contributed by atoms with van der Waals surface area (Å²) in [5.41, 5.74) is -0.942. The number of hydrogen-bond acceptors (Lipinski definition) is 8. The first-order valence-electron chi connectivity index (χ1n) is 12.1.